The van der Waals surface area contributed by atoms with Crippen LogP contribution in [0.15, 0.2) is 12.1 Å². The number of aryl methyl sites for hydroxylation is 1. The van der Waals surface area contributed by atoms with E-state index in [9.17, 15) is 9.59 Å². The first-order valence-electron chi connectivity index (χ1n) is 30.3. The quantitative estimate of drug-likeness (QED) is 0.0367. The van der Waals surface area contributed by atoms with E-state index in [0.717, 1.165) is 185 Å². The van der Waals surface area contributed by atoms with Gasteiger partial charge in [0.05, 0.1) is 48.7 Å². The fourth-order valence-electron chi connectivity index (χ4n) is 9.93. The molecule has 0 radical (unpaired) electrons. The van der Waals surface area contributed by atoms with E-state index >= 15 is 9.59 Å². The van der Waals surface area contributed by atoms with Gasteiger partial charge in [0.1, 0.15) is 0 Å². The zero-order valence-electron chi connectivity index (χ0n) is 47.7. The highest BCUT2D eigenvalue weighted by Gasteiger charge is 2.37. The maximum absolute atomic E-state index is 15.3. The maximum Gasteiger partial charge on any atom is 0.339 e. The molecule has 0 amide bonds. The molecule has 8 heteroatoms. The Morgan fingerprint density at radius 2 is 0.611 bits per heavy atom. The number of benzene rings is 2. The molecule has 0 aliphatic rings. The fourth-order valence-corrected chi connectivity index (χ4v) is 9.93. The standard InChI is InChI=1S/C64H106O8/c1-9-17-25-33-41-51-49-55(54(44-36-28-20-12-4)53(43-35-27-19-11-3)52(51)42-34-26-18-10-2)56-50-57(61(65)69-45-37-29-21-13-5)59(63(67)71-47-39-31-23-15-7)60(64(68)72-48-40-32-24-16-8)58(56)62(66)70-46-38-30-22-14-6/h49-50H,9-48H2,1-8H3. The van der Waals surface area contributed by atoms with Gasteiger partial charge in [-0.25, -0.2) is 19.2 Å². The Bertz CT molecular complexity index is 1790. The van der Waals surface area contributed by atoms with Crippen LogP contribution in [-0.4, -0.2) is 50.3 Å². The zero-order chi connectivity index (χ0) is 52.6. The number of rotatable bonds is 45. The van der Waals surface area contributed by atoms with Crippen LogP contribution < -0.4 is 0 Å². The van der Waals surface area contributed by atoms with E-state index < -0.39 is 23.9 Å². The highest BCUT2D eigenvalue weighted by Crippen LogP contribution is 2.41. The van der Waals surface area contributed by atoms with Crippen LogP contribution in [0, 0.1) is 0 Å². The van der Waals surface area contributed by atoms with Crippen molar-refractivity contribution in [3.05, 3.63) is 56.6 Å². The van der Waals surface area contributed by atoms with Gasteiger partial charge in [0, 0.05) is 0 Å². The molecule has 0 aliphatic heterocycles. The SMILES string of the molecule is CCCCCCOC(=O)c1cc(-c2cc(CCCCCC)c(CCCCCC)c(CCCCCC)c2CCCCCC)c(C(=O)OCCCCCC)c(C(=O)OCCCCCC)c1C(=O)OCCCCCC. The number of hydrogen-bond acceptors (Lipinski definition) is 8. The van der Waals surface area contributed by atoms with Gasteiger partial charge in [-0.2, -0.15) is 0 Å². The van der Waals surface area contributed by atoms with Gasteiger partial charge in [0.2, 0.25) is 0 Å². The molecule has 0 aromatic heterocycles. The first kappa shape index (κ1) is 64.4. The van der Waals surface area contributed by atoms with Crippen LogP contribution in [0.5, 0.6) is 0 Å². The molecular formula is C64H106O8. The molecule has 0 heterocycles. The number of esters is 4. The van der Waals surface area contributed by atoms with Gasteiger partial charge < -0.3 is 18.9 Å². The lowest BCUT2D eigenvalue weighted by Crippen LogP contribution is -2.25. The van der Waals surface area contributed by atoms with Crippen LogP contribution in [0.3, 0.4) is 0 Å². The molecule has 0 saturated heterocycles. The third-order valence-corrected chi connectivity index (χ3v) is 14.3. The van der Waals surface area contributed by atoms with Crippen molar-refractivity contribution in [2.75, 3.05) is 26.4 Å². The molecule has 0 atom stereocenters. The molecule has 0 aliphatic carbocycles. The molecule has 2 aromatic carbocycles. The smallest absolute Gasteiger partial charge is 0.339 e. The third kappa shape index (κ3) is 24.1. The van der Waals surface area contributed by atoms with E-state index in [-0.39, 0.29) is 48.7 Å². The molecule has 2 aromatic rings. The van der Waals surface area contributed by atoms with E-state index in [0.29, 0.717) is 31.2 Å². The molecule has 0 saturated carbocycles. The highest BCUT2D eigenvalue weighted by atomic mass is 16.5. The van der Waals surface area contributed by atoms with Crippen LogP contribution in [-0.2, 0) is 44.6 Å². The van der Waals surface area contributed by atoms with Gasteiger partial charge in [-0.3, -0.25) is 0 Å². The van der Waals surface area contributed by atoms with E-state index in [1.165, 1.54) is 47.9 Å². The molecule has 0 N–H and O–H groups in total. The Hall–Kier alpha value is -3.68. The van der Waals surface area contributed by atoms with Gasteiger partial charge in [0.15, 0.2) is 0 Å². The maximum atomic E-state index is 15.3. The molecule has 0 unspecified atom stereocenters. The minimum atomic E-state index is -0.832. The van der Waals surface area contributed by atoms with E-state index in [1.54, 1.807) is 6.07 Å². The second-order valence-electron chi connectivity index (χ2n) is 20.6. The summed E-state index contributed by atoms with van der Waals surface area (Å²) in [7, 11) is 0. The Morgan fingerprint density at radius 3 is 1.01 bits per heavy atom. The number of unbranched alkanes of at least 4 members (excludes halogenated alkanes) is 24. The second kappa shape index (κ2) is 41.6. The average molecular weight is 1000 g/mol. The number of carbonyl (C=O) groups is 4. The number of hydrogen-bond donors (Lipinski definition) is 0. The lowest BCUT2D eigenvalue weighted by atomic mass is 9.79. The van der Waals surface area contributed by atoms with Crippen LogP contribution in [0.1, 0.15) is 325 Å². The molecular weight excluding hydrogens is 897 g/mol. The van der Waals surface area contributed by atoms with Crippen molar-refractivity contribution >= 4 is 23.9 Å². The summed E-state index contributed by atoms with van der Waals surface area (Å²) in [6.45, 7) is 18.1. The lowest BCUT2D eigenvalue weighted by Gasteiger charge is -2.26. The third-order valence-electron chi connectivity index (χ3n) is 14.3. The molecule has 0 spiro atoms. The summed E-state index contributed by atoms with van der Waals surface area (Å²) in [4.78, 5) is 60.2. The number of ether oxygens (including phenoxy) is 4. The average Bonchev–Trinajstić information content (AvgIpc) is 3.38. The predicted molar refractivity (Wildman–Crippen MR) is 301 cm³/mol. The zero-order valence-corrected chi connectivity index (χ0v) is 47.7. The Kier molecular flexibility index (Phi) is 37.3. The highest BCUT2D eigenvalue weighted by molar-refractivity contribution is 6.18. The van der Waals surface area contributed by atoms with Crippen molar-refractivity contribution in [2.45, 2.75) is 287 Å². The van der Waals surface area contributed by atoms with Gasteiger partial charge in [-0.05, 0) is 116 Å². The Morgan fingerprint density at radius 1 is 0.292 bits per heavy atom. The van der Waals surface area contributed by atoms with Gasteiger partial charge in [0.25, 0.3) is 0 Å². The number of carbonyl (C=O) groups excluding carboxylic acids is 4. The van der Waals surface area contributed by atoms with Crippen LogP contribution >= 0.6 is 0 Å². The Balaban J connectivity index is 3.39. The summed E-state index contributed by atoms with van der Waals surface area (Å²) in [5.74, 6) is -3.05. The first-order chi connectivity index (χ1) is 35.2. The van der Waals surface area contributed by atoms with Crippen molar-refractivity contribution in [2.24, 2.45) is 0 Å². The van der Waals surface area contributed by atoms with Crippen LogP contribution in [0.4, 0.5) is 0 Å². The van der Waals surface area contributed by atoms with Crippen molar-refractivity contribution in [1.29, 1.82) is 0 Å². The second-order valence-corrected chi connectivity index (χ2v) is 20.6. The predicted octanol–water partition coefficient (Wildman–Crippen LogP) is 18.8. The van der Waals surface area contributed by atoms with Crippen molar-refractivity contribution in [1.82, 2.24) is 0 Å². The summed E-state index contributed by atoms with van der Waals surface area (Å²) in [6.07, 6.45) is 35.7. The summed E-state index contributed by atoms with van der Waals surface area (Å²) < 4.78 is 24.4. The fraction of sp³-hybridized carbons (Fsp3) is 0.750. The summed E-state index contributed by atoms with van der Waals surface area (Å²) in [5, 5.41) is 0. The van der Waals surface area contributed by atoms with Crippen LogP contribution in [0.25, 0.3) is 11.1 Å². The first-order valence-corrected chi connectivity index (χ1v) is 30.3. The van der Waals surface area contributed by atoms with Gasteiger partial charge in [-0.15, -0.1) is 0 Å². The molecule has 2 rings (SSSR count). The Labute approximate surface area is 441 Å². The van der Waals surface area contributed by atoms with E-state index in [1.807, 2.05) is 0 Å². The molecule has 8 nitrogen and oxygen atoms in total. The minimum Gasteiger partial charge on any atom is -0.462 e. The summed E-state index contributed by atoms with van der Waals surface area (Å²) >= 11 is 0. The van der Waals surface area contributed by atoms with Crippen molar-refractivity contribution < 1.29 is 38.1 Å². The van der Waals surface area contributed by atoms with Crippen LogP contribution in [0.2, 0.25) is 0 Å². The molecule has 72 heavy (non-hydrogen) atoms. The molecule has 410 valence electrons. The van der Waals surface area contributed by atoms with E-state index in [2.05, 4.69) is 61.5 Å². The van der Waals surface area contributed by atoms with Gasteiger partial charge in [-0.1, -0.05) is 216 Å². The van der Waals surface area contributed by atoms with Crippen molar-refractivity contribution in [3.8, 4) is 11.1 Å². The monoisotopic (exact) mass is 1000 g/mol. The van der Waals surface area contributed by atoms with E-state index in [4.69, 9.17) is 18.9 Å². The topological polar surface area (TPSA) is 105 Å². The largest absolute Gasteiger partial charge is 0.462 e. The summed E-state index contributed by atoms with van der Waals surface area (Å²) in [5.41, 5.74) is 6.01. The molecule has 0 bridgehead atoms. The van der Waals surface area contributed by atoms with Gasteiger partial charge >= 0.3 is 23.9 Å². The lowest BCUT2D eigenvalue weighted by molar-refractivity contribution is 0.0416. The summed E-state index contributed by atoms with van der Waals surface area (Å²) in [6, 6.07) is 4.01. The van der Waals surface area contributed by atoms with Crippen molar-refractivity contribution in [3.63, 3.8) is 0 Å². The molecule has 0 fully saturated rings. The normalized spacial score (nSPS) is 11.3. The minimum absolute atomic E-state index is 0.0131.